The fraction of sp³-hybridized carbons (Fsp3) is 0.889. The van der Waals surface area contributed by atoms with Crippen LogP contribution in [0.1, 0.15) is 26.7 Å². The lowest BCUT2D eigenvalue weighted by atomic mass is 10.1. The Morgan fingerprint density at radius 2 is 2.07 bits per heavy atom. The molecular formula is C9H20N2O3Si. The standard InChI is InChI=1S/C9H20N2O3Si/c1-6-9(11(12)13)7-8(2)10-14-15(3,4)5/h9H,6-7H2,1-5H3. The van der Waals surface area contributed by atoms with Crippen LogP contribution in [0.25, 0.3) is 0 Å². The molecule has 88 valence electrons. The molecule has 0 aliphatic rings. The highest BCUT2D eigenvalue weighted by atomic mass is 28.4. The summed E-state index contributed by atoms with van der Waals surface area (Å²) in [6.45, 7) is 9.64. The average molecular weight is 232 g/mol. The van der Waals surface area contributed by atoms with Gasteiger partial charge in [0.1, 0.15) is 0 Å². The first-order valence-corrected chi connectivity index (χ1v) is 8.52. The highest BCUT2D eigenvalue weighted by Gasteiger charge is 2.20. The third kappa shape index (κ3) is 7.07. The second-order valence-corrected chi connectivity index (χ2v) is 8.99. The zero-order chi connectivity index (χ0) is 12.1. The lowest BCUT2D eigenvalue weighted by molar-refractivity contribution is -0.521. The van der Waals surface area contributed by atoms with Crippen molar-refractivity contribution in [1.29, 1.82) is 0 Å². The van der Waals surface area contributed by atoms with Crippen molar-refractivity contribution in [2.45, 2.75) is 52.4 Å². The molecule has 0 rings (SSSR count). The minimum Gasteiger partial charge on any atom is -0.456 e. The Bertz CT molecular complexity index is 248. The largest absolute Gasteiger partial charge is 0.456 e. The van der Waals surface area contributed by atoms with E-state index >= 15 is 0 Å². The smallest absolute Gasteiger partial charge is 0.278 e. The van der Waals surface area contributed by atoms with Crippen LogP contribution >= 0.6 is 0 Å². The highest BCUT2D eigenvalue weighted by molar-refractivity contribution is 6.69. The molecule has 0 aromatic carbocycles. The number of oxime groups is 1. The molecular weight excluding hydrogens is 212 g/mol. The van der Waals surface area contributed by atoms with E-state index < -0.39 is 14.4 Å². The van der Waals surface area contributed by atoms with Gasteiger partial charge in [-0.25, -0.2) is 0 Å². The molecule has 5 nitrogen and oxygen atoms in total. The monoisotopic (exact) mass is 232 g/mol. The van der Waals surface area contributed by atoms with Gasteiger partial charge >= 0.3 is 0 Å². The van der Waals surface area contributed by atoms with Crippen LogP contribution < -0.4 is 0 Å². The maximum Gasteiger partial charge on any atom is 0.278 e. The van der Waals surface area contributed by atoms with Crippen LogP contribution in [0.4, 0.5) is 0 Å². The molecule has 1 atom stereocenters. The van der Waals surface area contributed by atoms with E-state index in [1.165, 1.54) is 0 Å². The van der Waals surface area contributed by atoms with Crippen LogP contribution in [0, 0.1) is 10.1 Å². The summed E-state index contributed by atoms with van der Waals surface area (Å²) >= 11 is 0. The average Bonchev–Trinajstić information content (AvgIpc) is 2.09. The van der Waals surface area contributed by atoms with Gasteiger partial charge < -0.3 is 4.53 Å². The first-order valence-electron chi connectivity index (χ1n) is 5.11. The predicted molar refractivity (Wildman–Crippen MR) is 63.2 cm³/mol. The van der Waals surface area contributed by atoms with Gasteiger partial charge in [0.15, 0.2) is 0 Å². The predicted octanol–water partition coefficient (Wildman–Crippen LogP) is 2.66. The van der Waals surface area contributed by atoms with E-state index in [0.717, 1.165) is 0 Å². The van der Waals surface area contributed by atoms with Gasteiger partial charge in [-0.2, -0.15) is 0 Å². The van der Waals surface area contributed by atoms with Crippen LogP contribution in [0.2, 0.25) is 19.6 Å². The number of nitro groups is 1. The van der Waals surface area contributed by atoms with Gasteiger partial charge in [0.2, 0.25) is 6.04 Å². The molecule has 0 saturated heterocycles. The van der Waals surface area contributed by atoms with Crippen molar-refractivity contribution < 1.29 is 9.45 Å². The lowest BCUT2D eigenvalue weighted by Crippen LogP contribution is -2.25. The zero-order valence-corrected chi connectivity index (χ0v) is 11.1. The second-order valence-electron chi connectivity index (χ2n) is 4.58. The molecule has 0 fully saturated rings. The summed E-state index contributed by atoms with van der Waals surface area (Å²) in [5, 5.41) is 14.5. The first kappa shape index (κ1) is 14.1. The molecule has 0 aromatic rings. The van der Waals surface area contributed by atoms with Gasteiger partial charge in [0.25, 0.3) is 8.32 Å². The van der Waals surface area contributed by atoms with Crippen LogP contribution in [-0.2, 0) is 4.53 Å². The van der Waals surface area contributed by atoms with Crippen molar-refractivity contribution in [2.24, 2.45) is 5.16 Å². The molecule has 0 bridgehead atoms. The molecule has 0 radical (unpaired) electrons. The first-order chi connectivity index (χ1) is 6.76. The van der Waals surface area contributed by atoms with Crippen LogP contribution in [0.15, 0.2) is 5.16 Å². The van der Waals surface area contributed by atoms with Gasteiger partial charge in [-0.1, -0.05) is 6.92 Å². The molecule has 6 heteroatoms. The molecule has 0 amide bonds. The topological polar surface area (TPSA) is 64.7 Å². The minimum absolute atomic E-state index is 0.256. The van der Waals surface area contributed by atoms with Gasteiger partial charge in [-0.05, 0) is 26.6 Å². The molecule has 0 saturated carbocycles. The van der Waals surface area contributed by atoms with Crippen molar-refractivity contribution in [3.05, 3.63) is 10.1 Å². The molecule has 0 aromatic heterocycles. The Balaban J connectivity index is 4.22. The van der Waals surface area contributed by atoms with Crippen LogP contribution in [-0.4, -0.2) is 25.0 Å². The maximum absolute atomic E-state index is 10.6. The summed E-state index contributed by atoms with van der Waals surface area (Å²) in [6.07, 6.45) is 0.890. The van der Waals surface area contributed by atoms with Crippen molar-refractivity contribution in [3.8, 4) is 0 Å². The molecule has 1 unspecified atom stereocenters. The Hall–Kier alpha value is -0.913. The Kier molecular flexibility index (Phi) is 5.49. The van der Waals surface area contributed by atoms with Crippen molar-refractivity contribution >= 4 is 14.0 Å². The van der Waals surface area contributed by atoms with E-state index in [2.05, 4.69) is 5.16 Å². The zero-order valence-electron chi connectivity index (χ0n) is 10.1. The van der Waals surface area contributed by atoms with E-state index in [9.17, 15) is 10.1 Å². The third-order valence-corrected chi connectivity index (χ3v) is 2.41. The van der Waals surface area contributed by atoms with E-state index in [4.69, 9.17) is 4.53 Å². The molecule has 0 heterocycles. The van der Waals surface area contributed by atoms with E-state index in [0.29, 0.717) is 18.6 Å². The van der Waals surface area contributed by atoms with Crippen LogP contribution in [0.3, 0.4) is 0 Å². The van der Waals surface area contributed by atoms with Crippen molar-refractivity contribution in [1.82, 2.24) is 0 Å². The van der Waals surface area contributed by atoms with Crippen molar-refractivity contribution in [3.63, 3.8) is 0 Å². The number of rotatable bonds is 6. The summed E-state index contributed by atoms with van der Waals surface area (Å²) in [7, 11) is -1.67. The maximum atomic E-state index is 10.6. The summed E-state index contributed by atoms with van der Waals surface area (Å²) in [5.41, 5.74) is 0.695. The lowest BCUT2D eigenvalue weighted by Gasteiger charge is -2.14. The van der Waals surface area contributed by atoms with Gasteiger partial charge in [0, 0.05) is 11.3 Å². The molecule has 0 N–H and O–H groups in total. The van der Waals surface area contributed by atoms with E-state index in [1.54, 1.807) is 13.8 Å². The summed E-state index contributed by atoms with van der Waals surface area (Å²) in [5.74, 6) is 0. The summed E-state index contributed by atoms with van der Waals surface area (Å²) < 4.78 is 5.32. The molecule has 0 aliphatic carbocycles. The summed E-state index contributed by atoms with van der Waals surface area (Å²) in [4.78, 5) is 10.3. The van der Waals surface area contributed by atoms with Gasteiger partial charge in [-0.15, -0.1) is 5.16 Å². The molecule has 15 heavy (non-hydrogen) atoms. The Labute approximate surface area is 91.8 Å². The van der Waals surface area contributed by atoms with Crippen molar-refractivity contribution in [2.75, 3.05) is 0 Å². The van der Waals surface area contributed by atoms with Gasteiger partial charge in [0.05, 0.1) is 12.1 Å². The molecule has 0 aliphatic heterocycles. The SMILES string of the molecule is CCC(CC(C)=NO[Si](C)(C)C)[N+](=O)[O-]. The fourth-order valence-electron chi connectivity index (χ4n) is 0.961. The van der Waals surface area contributed by atoms with E-state index in [1.807, 2.05) is 19.6 Å². The van der Waals surface area contributed by atoms with Gasteiger partial charge in [-0.3, -0.25) is 10.1 Å². The summed E-state index contributed by atoms with van der Waals surface area (Å²) in [6, 6.07) is -0.543. The quantitative estimate of drug-likeness (QED) is 0.306. The third-order valence-electron chi connectivity index (χ3n) is 1.78. The second kappa shape index (κ2) is 5.84. The highest BCUT2D eigenvalue weighted by Crippen LogP contribution is 2.07. The number of hydrogen-bond acceptors (Lipinski definition) is 4. The fourth-order valence-corrected chi connectivity index (χ4v) is 1.39. The number of hydrogen-bond donors (Lipinski definition) is 0. The number of nitrogens with zero attached hydrogens (tertiary/aromatic N) is 2. The Morgan fingerprint density at radius 1 is 1.53 bits per heavy atom. The Morgan fingerprint density at radius 3 is 2.40 bits per heavy atom. The normalized spacial score (nSPS) is 14.9. The van der Waals surface area contributed by atoms with E-state index in [-0.39, 0.29) is 4.92 Å². The van der Waals surface area contributed by atoms with Crippen LogP contribution in [0.5, 0.6) is 0 Å². The molecule has 0 spiro atoms. The minimum atomic E-state index is -1.67.